The monoisotopic (exact) mass is 983 g/mol. The number of fused-ring (bicyclic) bond motifs is 4. The van der Waals surface area contributed by atoms with Crippen LogP contribution in [0, 0.1) is 24.5 Å². The molecule has 0 aliphatic heterocycles. The molecule has 0 aliphatic rings. The molecule has 2 heterocycles. The first-order chi connectivity index (χ1) is 29.5. The molecule has 0 radical (unpaired) electrons. The molecule has 5 heteroatoms. The molecule has 2 aromatic heterocycles. The number of ether oxygens (including phenoxy) is 1. The molecular weight excluding hydrogens is 938 g/mol. The molecule has 304 valence electrons. The minimum absolute atomic E-state index is 0. The number of rotatable bonds is 7. The topological polar surface area (TPSA) is 23.0 Å². The van der Waals surface area contributed by atoms with Gasteiger partial charge in [-0.1, -0.05) is 162 Å². The molecule has 0 N–H and O–H groups in total. The standard InChI is InChI=1S/C57H46N3O.Pt/c1-56(2,3)42-21-15-23-45(34-42)60-51-32-28-43(57(4,5)6)35-50(51)49-31-29-47(37-55(49)60)61-46-24-16-22-44(36-46)58-38-59(53-26-14-13-25-52(53)58)54-33-41(39-17-9-7-10-18-39)27-30-48(54)40-19-11-8-12-20-40;/h7-22,24-35H,1-6H3;/q-3;+4. The van der Waals surface area contributed by atoms with Crippen LogP contribution in [0.3, 0.4) is 0 Å². The molecule has 0 aliphatic carbocycles. The molecule has 0 spiro atoms. The van der Waals surface area contributed by atoms with E-state index in [0.717, 1.165) is 66.8 Å². The van der Waals surface area contributed by atoms with Gasteiger partial charge in [0.1, 0.15) is 0 Å². The van der Waals surface area contributed by atoms with Crippen molar-refractivity contribution in [2.45, 2.75) is 52.4 Å². The van der Waals surface area contributed by atoms with E-state index >= 15 is 0 Å². The van der Waals surface area contributed by atoms with Crippen LogP contribution in [-0.4, -0.2) is 9.13 Å². The number of hydrogen-bond acceptors (Lipinski definition) is 1. The van der Waals surface area contributed by atoms with Crippen molar-refractivity contribution in [1.29, 1.82) is 0 Å². The van der Waals surface area contributed by atoms with E-state index in [0.29, 0.717) is 11.5 Å². The quantitative estimate of drug-likeness (QED) is 0.115. The van der Waals surface area contributed by atoms with Gasteiger partial charge in [-0.3, -0.25) is 4.57 Å². The molecule has 0 unspecified atom stereocenters. The maximum Gasteiger partial charge on any atom is 4.00 e. The van der Waals surface area contributed by atoms with E-state index in [1.54, 1.807) is 0 Å². The van der Waals surface area contributed by atoms with Crippen molar-refractivity contribution in [2.24, 2.45) is 0 Å². The van der Waals surface area contributed by atoms with Crippen LogP contribution in [0.4, 0.5) is 0 Å². The summed E-state index contributed by atoms with van der Waals surface area (Å²) in [6, 6.07) is 70.4. The van der Waals surface area contributed by atoms with Gasteiger partial charge in [0.05, 0.1) is 16.7 Å². The molecular formula is C57H46N3OPt+. The zero-order valence-electron chi connectivity index (χ0n) is 35.7. The Kier molecular flexibility index (Phi) is 10.6. The van der Waals surface area contributed by atoms with E-state index in [2.05, 4.69) is 219 Å². The number of aromatic nitrogens is 3. The summed E-state index contributed by atoms with van der Waals surface area (Å²) in [6.45, 7) is 13.5. The Bertz CT molecular complexity index is 3240. The summed E-state index contributed by atoms with van der Waals surface area (Å²) in [5.74, 6) is 1.19. The average molecular weight is 984 g/mol. The molecule has 10 aromatic rings. The summed E-state index contributed by atoms with van der Waals surface area (Å²) in [5.41, 5.74) is 14.0. The van der Waals surface area contributed by atoms with Gasteiger partial charge in [-0.2, -0.15) is 42.0 Å². The largest absolute Gasteiger partial charge is 4.00 e. The first kappa shape index (κ1) is 40.9. The molecule has 0 fully saturated rings. The van der Waals surface area contributed by atoms with Crippen molar-refractivity contribution in [1.82, 2.24) is 9.13 Å². The Labute approximate surface area is 379 Å². The molecule has 62 heavy (non-hydrogen) atoms. The zero-order valence-corrected chi connectivity index (χ0v) is 38.0. The Morgan fingerprint density at radius 1 is 0.516 bits per heavy atom. The molecule has 8 aromatic carbocycles. The Hall–Kier alpha value is -6.48. The van der Waals surface area contributed by atoms with Crippen molar-refractivity contribution in [3.63, 3.8) is 0 Å². The smallest absolute Gasteiger partial charge is 0.510 e. The van der Waals surface area contributed by atoms with Gasteiger partial charge >= 0.3 is 21.1 Å². The van der Waals surface area contributed by atoms with Gasteiger partial charge < -0.3 is 13.9 Å². The summed E-state index contributed by atoms with van der Waals surface area (Å²) in [4.78, 5) is 0. The molecule has 10 rings (SSSR count). The van der Waals surface area contributed by atoms with E-state index < -0.39 is 0 Å². The number of nitrogens with zero attached hydrogens (tertiary/aromatic N) is 3. The van der Waals surface area contributed by atoms with Crippen LogP contribution in [0.5, 0.6) is 11.5 Å². The molecule has 0 saturated carbocycles. The van der Waals surface area contributed by atoms with E-state index in [4.69, 9.17) is 4.74 Å². The second-order valence-electron chi connectivity index (χ2n) is 17.8. The fraction of sp³-hybridized carbons (Fsp3) is 0.140. The predicted octanol–water partition coefficient (Wildman–Crippen LogP) is 13.9. The third kappa shape index (κ3) is 7.58. The van der Waals surface area contributed by atoms with Gasteiger partial charge in [-0.15, -0.1) is 35.7 Å². The van der Waals surface area contributed by atoms with Crippen molar-refractivity contribution in [2.75, 3.05) is 0 Å². The van der Waals surface area contributed by atoms with Gasteiger partial charge in [0, 0.05) is 17.0 Å². The molecule has 0 amide bonds. The van der Waals surface area contributed by atoms with Gasteiger partial charge in [0.2, 0.25) is 0 Å². The van der Waals surface area contributed by atoms with Crippen LogP contribution in [0.15, 0.2) is 170 Å². The molecule has 0 bridgehead atoms. The summed E-state index contributed by atoms with van der Waals surface area (Å²) in [5, 5.41) is 2.30. The van der Waals surface area contributed by atoms with Crippen molar-refractivity contribution < 1.29 is 30.4 Å². The maximum absolute atomic E-state index is 6.67. The van der Waals surface area contributed by atoms with Crippen LogP contribution in [0.25, 0.3) is 72.2 Å². The second kappa shape index (κ2) is 16.1. The average Bonchev–Trinajstić information content (AvgIpc) is 3.82. The summed E-state index contributed by atoms with van der Waals surface area (Å²) in [6.07, 6.45) is 3.73. The van der Waals surface area contributed by atoms with Crippen LogP contribution in [-0.2, 0) is 31.9 Å². The van der Waals surface area contributed by atoms with Crippen molar-refractivity contribution >= 4 is 32.8 Å². The van der Waals surface area contributed by atoms with E-state index in [-0.39, 0.29) is 31.9 Å². The summed E-state index contributed by atoms with van der Waals surface area (Å²) < 4.78 is 13.2. The van der Waals surface area contributed by atoms with Crippen molar-refractivity contribution in [3.8, 4) is 50.8 Å². The maximum atomic E-state index is 6.67. The Balaban J connectivity index is 0.00000490. The number of imidazole rings is 1. The number of para-hydroxylation sites is 2. The normalized spacial score (nSPS) is 11.9. The van der Waals surface area contributed by atoms with Crippen LogP contribution in [0.2, 0.25) is 0 Å². The van der Waals surface area contributed by atoms with Crippen LogP contribution < -0.4 is 9.30 Å². The molecule has 0 saturated heterocycles. The van der Waals surface area contributed by atoms with Gasteiger partial charge in [0.25, 0.3) is 6.33 Å². The number of hydrogen-bond donors (Lipinski definition) is 0. The van der Waals surface area contributed by atoms with E-state index in [9.17, 15) is 0 Å². The van der Waals surface area contributed by atoms with Crippen LogP contribution in [0.1, 0.15) is 52.7 Å². The molecule has 4 nitrogen and oxygen atoms in total. The van der Waals surface area contributed by atoms with Crippen LogP contribution >= 0.6 is 0 Å². The summed E-state index contributed by atoms with van der Waals surface area (Å²) in [7, 11) is 0. The van der Waals surface area contributed by atoms with Crippen molar-refractivity contribution in [3.05, 3.63) is 206 Å². The SMILES string of the molecule is CC(C)(C)c1cc[c-]c(-n2c3[c-]c(Oc4[c-]c(-n5[c-][n+](-c6cc(-c7ccccc7)ccc6-c6ccccc6)c6ccccc65)ccc4)ccc3c3cc(C(C)(C)C)ccc32)c1.[Pt+4]. The third-order valence-electron chi connectivity index (χ3n) is 11.6. The second-order valence-corrected chi connectivity index (χ2v) is 17.8. The fourth-order valence-electron chi connectivity index (χ4n) is 8.30. The Morgan fingerprint density at radius 3 is 1.97 bits per heavy atom. The first-order valence-corrected chi connectivity index (χ1v) is 20.9. The molecule has 0 atom stereocenters. The Morgan fingerprint density at radius 2 is 1.21 bits per heavy atom. The summed E-state index contributed by atoms with van der Waals surface area (Å²) >= 11 is 0. The fourth-order valence-corrected chi connectivity index (χ4v) is 8.30. The minimum atomic E-state index is -0.0149. The van der Waals surface area contributed by atoms with E-state index in [1.807, 2.05) is 30.3 Å². The minimum Gasteiger partial charge on any atom is -0.510 e. The van der Waals surface area contributed by atoms with Gasteiger partial charge in [-0.05, 0) is 61.9 Å². The first-order valence-electron chi connectivity index (χ1n) is 20.9. The third-order valence-corrected chi connectivity index (χ3v) is 11.6. The number of benzene rings is 8. The zero-order chi connectivity index (χ0) is 41.9. The van der Waals surface area contributed by atoms with E-state index in [1.165, 1.54) is 16.5 Å². The van der Waals surface area contributed by atoms with Gasteiger partial charge in [0.15, 0.2) is 0 Å². The van der Waals surface area contributed by atoms with Gasteiger partial charge in [-0.25, -0.2) is 0 Å². The predicted molar refractivity (Wildman–Crippen MR) is 249 cm³/mol.